The molecule has 1 unspecified atom stereocenters. The van der Waals surface area contributed by atoms with Crippen LogP contribution in [-0.2, 0) is 13.2 Å². The number of aromatic nitrogens is 3. The molecular formula is C25H33F3N4S. The maximum absolute atomic E-state index is 12.8. The van der Waals surface area contributed by atoms with E-state index in [9.17, 15) is 13.2 Å². The average Bonchev–Trinajstić information content (AvgIpc) is 3.15. The van der Waals surface area contributed by atoms with Crippen LogP contribution in [0.2, 0.25) is 0 Å². The highest BCUT2D eigenvalue weighted by Gasteiger charge is 2.57. The summed E-state index contributed by atoms with van der Waals surface area (Å²) in [5, 5.41) is 9.97. The molecule has 2 aromatic rings. The molecule has 0 N–H and O–H groups in total. The normalized spacial score (nSPS) is 26.4. The van der Waals surface area contributed by atoms with Gasteiger partial charge in [0.1, 0.15) is 5.82 Å². The molecule has 0 radical (unpaired) electrons. The lowest BCUT2D eigenvalue weighted by molar-refractivity contribution is -0.137. The average molecular weight is 479 g/mol. The Labute approximate surface area is 198 Å². The van der Waals surface area contributed by atoms with Crippen molar-refractivity contribution in [1.82, 2.24) is 19.7 Å². The molecule has 0 amide bonds. The maximum Gasteiger partial charge on any atom is 0.416 e. The number of halogens is 3. The largest absolute Gasteiger partial charge is 0.416 e. The Balaban J connectivity index is 1.06. The number of likely N-dealkylation sites (tertiary alicyclic amines) is 1. The van der Waals surface area contributed by atoms with E-state index in [4.69, 9.17) is 0 Å². The number of alkyl halides is 3. The summed E-state index contributed by atoms with van der Waals surface area (Å²) in [6, 6.07) is 5.84. The molecule has 1 aliphatic heterocycles. The van der Waals surface area contributed by atoms with E-state index in [2.05, 4.69) is 26.7 Å². The Morgan fingerprint density at radius 3 is 2.58 bits per heavy atom. The van der Waals surface area contributed by atoms with E-state index < -0.39 is 11.7 Å². The third-order valence-electron chi connectivity index (χ3n) is 7.98. The van der Waals surface area contributed by atoms with Crippen molar-refractivity contribution in [1.29, 1.82) is 0 Å². The second-order valence-electron chi connectivity index (χ2n) is 10.2. The van der Waals surface area contributed by atoms with Gasteiger partial charge < -0.3 is 9.47 Å². The first-order valence-corrected chi connectivity index (χ1v) is 13.3. The Morgan fingerprint density at radius 2 is 1.85 bits per heavy atom. The molecule has 2 saturated carbocycles. The molecule has 5 rings (SSSR count). The van der Waals surface area contributed by atoms with Crippen molar-refractivity contribution >= 4 is 11.8 Å². The fourth-order valence-corrected chi connectivity index (χ4v) is 6.81. The van der Waals surface area contributed by atoms with Gasteiger partial charge in [0.05, 0.1) is 5.56 Å². The lowest BCUT2D eigenvalue weighted by Crippen LogP contribution is -2.23. The topological polar surface area (TPSA) is 34.0 Å². The van der Waals surface area contributed by atoms with E-state index in [-0.39, 0.29) is 5.41 Å². The van der Waals surface area contributed by atoms with Crippen molar-refractivity contribution in [2.24, 2.45) is 12.5 Å². The summed E-state index contributed by atoms with van der Waals surface area (Å²) in [6.45, 7) is 3.23. The zero-order valence-corrected chi connectivity index (χ0v) is 20.1. The number of hydrogen-bond acceptors (Lipinski definition) is 4. The SMILES string of the molecule is Cn1c(SCCCN2CCC3(C[C@@H]3c3ccc(C(F)(F)F)cc3)C2)nnc1C1CCCCC1. The van der Waals surface area contributed by atoms with Gasteiger partial charge in [0, 0.05) is 25.3 Å². The van der Waals surface area contributed by atoms with Gasteiger partial charge in [-0.05, 0) is 74.2 Å². The summed E-state index contributed by atoms with van der Waals surface area (Å²) in [6.07, 6.45) is 5.53. The van der Waals surface area contributed by atoms with Crippen molar-refractivity contribution in [2.45, 2.75) is 74.5 Å². The number of rotatable bonds is 7. The van der Waals surface area contributed by atoms with Gasteiger partial charge in [0.25, 0.3) is 0 Å². The van der Waals surface area contributed by atoms with Gasteiger partial charge in [-0.2, -0.15) is 13.2 Å². The van der Waals surface area contributed by atoms with Gasteiger partial charge in [0.2, 0.25) is 0 Å². The molecule has 3 fully saturated rings. The number of nitrogens with zero attached hydrogens (tertiary/aromatic N) is 4. The van der Waals surface area contributed by atoms with E-state index in [1.165, 1.54) is 44.2 Å². The summed E-state index contributed by atoms with van der Waals surface area (Å²) in [5.41, 5.74) is 0.794. The van der Waals surface area contributed by atoms with E-state index in [0.29, 0.717) is 11.8 Å². The van der Waals surface area contributed by atoms with Crippen LogP contribution in [0.1, 0.15) is 80.2 Å². The van der Waals surface area contributed by atoms with Gasteiger partial charge >= 0.3 is 6.18 Å². The minimum atomic E-state index is -4.26. The van der Waals surface area contributed by atoms with Crippen LogP contribution in [0.25, 0.3) is 0 Å². The molecule has 3 aliphatic rings. The minimum Gasteiger partial charge on any atom is -0.309 e. The van der Waals surface area contributed by atoms with Crippen molar-refractivity contribution < 1.29 is 13.2 Å². The molecule has 2 heterocycles. The number of thioether (sulfide) groups is 1. The van der Waals surface area contributed by atoms with Crippen LogP contribution < -0.4 is 0 Å². The van der Waals surface area contributed by atoms with E-state index in [1.807, 2.05) is 0 Å². The zero-order valence-electron chi connectivity index (χ0n) is 19.3. The molecule has 0 bridgehead atoms. The van der Waals surface area contributed by atoms with Crippen LogP contribution in [0.5, 0.6) is 0 Å². The first-order valence-electron chi connectivity index (χ1n) is 12.3. The molecular weight excluding hydrogens is 445 g/mol. The molecule has 4 nitrogen and oxygen atoms in total. The predicted octanol–water partition coefficient (Wildman–Crippen LogP) is 6.24. The quantitative estimate of drug-likeness (QED) is 0.348. The van der Waals surface area contributed by atoms with Crippen molar-refractivity contribution in [3.8, 4) is 0 Å². The smallest absolute Gasteiger partial charge is 0.309 e. The molecule has 8 heteroatoms. The third kappa shape index (κ3) is 4.97. The fraction of sp³-hybridized carbons (Fsp3) is 0.680. The van der Waals surface area contributed by atoms with E-state index in [0.717, 1.165) is 61.2 Å². The van der Waals surface area contributed by atoms with Gasteiger partial charge in [-0.1, -0.05) is 43.2 Å². The standard InChI is InChI=1S/C25H33F3N4S/c1-31-22(19-6-3-2-4-7-19)29-30-23(31)33-15-5-13-32-14-12-24(17-32)16-21(24)18-8-10-20(11-9-18)25(26,27)28/h8-11,19,21H,2-7,12-17H2,1H3/t21-,24?/m1/s1. The van der Waals surface area contributed by atoms with E-state index >= 15 is 0 Å². The monoisotopic (exact) mass is 478 g/mol. The summed E-state index contributed by atoms with van der Waals surface area (Å²) >= 11 is 1.80. The Morgan fingerprint density at radius 1 is 1.09 bits per heavy atom. The van der Waals surface area contributed by atoms with Gasteiger partial charge in [0.15, 0.2) is 5.16 Å². The van der Waals surface area contributed by atoms with Crippen LogP contribution in [-0.4, -0.2) is 45.1 Å². The van der Waals surface area contributed by atoms with Crippen LogP contribution in [0.4, 0.5) is 13.2 Å². The predicted molar refractivity (Wildman–Crippen MR) is 124 cm³/mol. The summed E-state index contributed by atoms with van der Waals surface area (Å²) in [4.78, 5) is 2.54. The molecule has 2 atom stereocenters. The van der Waals surface area contributed by atoms with Gasteiger partial charge in [-0.3, -0.25) is 0 Å². The Hall–Kier alpha value is -1.54. The number of benzene rings is 1. The Kier molecular flexibility index (Phi) is 6.51. The van der Waals surface area contributed by atoms with Crippen molar-refractivity contribution in [2.75, 3.05) is 25.4 Å². The van der Waals surface area contributed by atoms with Crippen LogP contribution in [0.3, 0.4) is 0 Å². The molecule has 33 heavy (non-hydrogen) atoms. The van der Waals surface area contributed by atoms with Crippen LogP contribution >= 0.6 is 11.8 Å². The summed E-state index contributed by atoms with van der Waals surface area (Å²) < 4.78 is 40.7. The number of hydrogen-bond donors (Lipinski definition) is 0. The fourth-order valence-electron chi connectivity index (χ4n) is 5.97. The highest BCUT2D eigenvalue weighted by Crippen LogP contribution is 2.64. The Bertz CT molecular complexity index is 952. The van der Waals surface area contributed by atoms with E-state index in [1.54, 1.807) is 23.9 Å². The maximum atomic E-state index is 12.8. The molecule has 1 aromatic carbocycles. The first-order chi connectivity index (χ1) is 15.9. The highest BCUT2D eigenvalue weighted by atomic mass is 32.2. The second-order valence-corrected chi connectivity index (χ2v) is 11.3. The van der Waals surface area contributed by atoms with Crippen LogP contribution in [0.15, 0.2) is 29.4 Å². The summed E-state index contributed by atoms with van der Waals surface area (Å²) in [5.74, 6) is 3.17. The van der Waals surface area contributed by atoms with Crippen molar-refractivity contribution in [3.05, 3.63) is 41.2 Å². The summed E-state index contributed by atoms with van der Waals surface area (Å²) in [7, 11) is 2.10. The minimum absolute atomic E-state index is 0.283. The molecule has 1 saturated heterocycles. The highest BCUT2D eigenvalue weighted by molar-refractivity contribution is 7.99. The lowest BCUT2D eigenvalue weighted by atomic mass is 9.89. The zero-order chi connectivity index (χ0) is 23.1. The van der Waals surface area contributed by atoms with Crippen molar-refractivity contribution in [3.63, 3.8) is 0 Å². The molecule has 2 aliphatic carbocycles. The lowest BCUT2D eigenvalue weighted by Gasteiger charge is -2.20. The first kappa shape index (κ1) is 23.2. The third-order valence-corrected chi connectivity index (χ3v) is 9.09. The second kappa shape index (κ2) is 9.25. The molecule has 1 spiro atoms. The van der Waals surface area contributed by atoms with Gasteiger partial charge in [-0.25, -0.2) is 0 Å². The molecule has 180 valence electrons. The van der Waals surface area contributed by atoms with Crippen LogP contribution in [0, 0.1) is 5.41 Å². The van der Waals surface area contributed by atoms with Gasteiger partial charge in [-0.15, -0.1) is 10.2 Å². The molecule has 1 aromatic heterocycles.